The summed E-state index contributed by atoms with van der Waals surface area (Å²) in [6, 6.07) is 16.6. The lowest BCUT2D eigenvalue weighted by Crippen LogP contribution is -2.30. The zero-order valence-corrected chi connectivity index (χ0v) is 18.3. The smallest absolute Gasteiger partial charge is 0.231 e. The van der Waals surface area contributed by atoms with Gasteiger partial charge >= 0.3 is 0 Å². The predicted molar refractivity (Wildman–Crippen MR) is 119 cm³/mol. The molecule has 6 nitrogen and oxygen atoms in total. The second-order valence-electron chi connectivity index (χ2n) is 7.22. The van der Waals surface area contributed by atoms with Crippen molar-refractivity contribution >= 4 is 40.0 Å². The van der Waals surface area contributed by atoms with E-state index in [0.29, 0.717) is 33.9 Å². The van der Waals surface area contributed by atoms with Crippen LogP contribution >= 0.6 is 23.1 Å². The van der Waals surface area contributed by atoms with Crippen LogP contribution in [0.5, 0.6) is 0 Å². The molecule has 0 bridgehead atoms. The summed E-state index contributed by atoms with van der Waals surface area (Å²) in [6.07, 6.45) is 0.966. The third-order valence-electron chi connectivity index (χ3n) is 5.04. The number of carbonyl (C=O) groups excluding carboxylic acids is 2. The molecule has 3 aromatic rings. The summed E-state index contributed by atoms with van der Waals surface area (Å²) in [5.74, 6) is -0.452. The molecule has 1 saturated heterocycles. The number of nitrogens with zero attached hydrogens (tertiary/aromatic N) is 3. The summed E-state index contributed by atoms with van der Waals surface area (Å²) >= 11 is 2.61. The van der Waals surface area contributed by atoms with Crippen LogP contribution in [-0.4, -0.2) is 40.0 Å². The van der Waals surface area contributed by atoms with Gasteiger partial charge in [-0.25, -0.2) is 4.39 Å². The van der Waals surface area contributed by atoms with Crippen LogP contribution in [-0.2, 0) is 21.8 Å². The third kappa shape index (κ3) is 5.68. The molecule has 2 heterocycles. The van der Waals surface area contributed by atoms with Crippen molar-refractivity contribution in [2.75, 3.05) is 18.4 Å². The van der Waals surface area contributed by atoms with E-state index in [-0.39, 0.29) is 24.1 Å². The Morgan fingerprint density at radius 2 is 1.94 bits per heavy atom. The minimum atomic E-state index is -0.401. The number of halogens is 1. The first-order valence-corrected chi connectivity index (χ1v) is 11.7. The summed E-state index contributed by atoms with van der Waals surface area (Å²) < 4.78 is 14.4. The van der Waals surface area contributed by atoms with Crippen LogP contribution < -0.4 is 5.32 Å². The van der Waals surface area contributed by atoms with E-state index in [1.807, 2.05) is 30.3 Å². The molecule has 4 rings (SSSR count). The highest BCUT2D eigenvalue weighted by molar-refractivity contribution is 8.00. The van der Waals surface area contributed by atoms with E-state index in [9.17, 15) is 14.0 Å². The summed E-state index contributed by atoms with van der Waals surface area (Å²) in [7, 11) is 0. The molecule has 31 heavy (non-hydrogen) atoms. The summed E-state index contributed by atoms with van der Waals surface area (Å²) in [4.78, 5) is 26.6. The average Bonchev–Trinajstić information content (AvgIpc) is 3.38. The Hall–Kier alpha value is -2.78. The molecule has 160 valence electrons. The normalized spacial score (nSPS) is 16.0. The third-order valence-corrected chi connectivity index (χ3v) is 7.06. The minimum Gasteiger partial charge on any atom is -0.342 e. The van der Waals surface area contributed by atoms with Gasteiger partial charge in [-0.3, -0.25) is 9.59 Å². The van der Waals surface area contributed by atoms with Gasteiger partial charge in [0.15, 0.2) is 4.34 Å². The molecule has 0 radical (unpaired) electrons. The Balaban J connectivity index is 1.27. The molecule has 1 aliphatic rings. The van der Waals surface area contributed by atoms with Gasteiger partial charge in [-0.15, -0.1) is 10.2 Å². The molecular weight excluding hydrogens is 435 g/mol. The lowest BCUT2D eigenvalue weighted by Gasteiger charge is -2.16. The van der Waals surface area contributed by atoms with Gasteiger partial charge < -0.3 is 10.2 Å². The number of carbonyl (C=O) groups is 2. The van der Waals surface area contributed by atoms with Gasteiger partial charge in [0.1, 0.15) is 5.82 Å². The monoisotopic (exact) mass is 456 g/mol. The lowest BCUT2D eigenvalue weighted by atomic mass is 10.1. The highest BCUT2D eigenvalue weighted by Crippen LogP contribution is 2.29. The number of rotatable bonds is 8. The number of anilines is 1. The molecule has 0 spiro atoms. The van der Waals surface area contributed by atoms with Gasteiger partial charge in [0.2, 0.25) is 16.9 Å². The largest absolute Gasteiger partial charge is 0.342 e. The highest BCUT2D eigenvalue weighted by Gasteiger charge is 2.34. The fourth-order valence-electron chi connectivity index (χ4n) is 3.35. The van der Waals surface area contributed by atoms with Crippen molar-refractivity contribution in [1.82, 2.24) is 15.1 Å². The van der Waals surface area contributed by atoms with E-state index in [1.165, 1.54) is 29.2 Å². The molecule has 2 amide bonds. The second-order valence-corrected chi connectivity index (χ2v) is 9.42. The maximum Gasteiger partial charge on any atom is 0.231 e. The van der Waals surface area contributed by atoms with Crippen LogP contribution in [0.3, 0.4) is 0 Å². The summed E-state index contributed by atoms with van der Waals surface area (Å²) in [5, 5.41) is 11.2. The number of hydrogen-bond donors (Lipinski definition) is 1. The van der Waals surface area contributed by atoms with Gasteiger partial charge in [0.25, 0.3) is 0 Å². The average molecular weight is 457 g/mol. The lowest BCUT2D eigenvalue weighted by molar-refractivity contribution is -0.128. The number of nitrogens with one attached hydrogen (secondary N) is 1. The van der Waals surface area contributed by atoms with Crippen molar-refractivity contribution in [2.45, 2.75) is 22.9 Å². The van der Waals surface area contributed by atoms with Gasteiger partial charge in [0, 0.05) is 25.3 Å². The molecule has 1 unspecified atom stereocenters. The molecule has 9 heteroatoms. The molecular formula is C22H21FN4O2S2. The number of benzene rings is 2. The number of likely N-dealkylation sites (tertiary alicyclic amines) is 1. The van der Waals surface area contributed by atoms with Crippen molar-refractivity contribution in [3.05, 3.63) is 71.5 Å². The second kappa shape index (κ2) is 10.0. The summed E-state index contributed by atoms with van der Waals surface area (Å²) in [6.45, 7) is 1.01. The zero-order valence-electron chi connectivity index (χ0n) is 16.7. The summed E-state index contributed by atoms with van der Waals surface area (Å²) in [5.41, 5.74) is 1.76. The van der Waals surface area contributed by atoms with E-state index in [4.69, 9.17) is 0 Å². The maximum absolute atomic E-state index is 13.7. The molecule has 1 aromatic heterocycles. The Labute approximate surface area is 187 Å². The van der Waals surface area contributed by atoms with Crippen molar-refractivity contribution in [1.29, 1.82) is 0 Å². The molecule has 0 aliphatic carbocycles. The first-order valence-electron chi connectivity index (χ1n) is 9.91. The van der Waals surface area contributed by atoms with Crippen molar-refractivity contribution in [3.8, 4) is 0 Å². The Morgan fingerprint density at radius 1 is 1.16 bits per heavy atom. The first-order chi connectivity index (χ1) is 15.1. The first kappa shape index (κ1) is 21.5. The number of hydrogen-bond acceptors (Lipinski definition) is 6. The van der Waals surface area contributed by atoms with E-state index >= 15 is 0 Å². The quantitative estimate of drug-likeness (QED) is 0.410. The van der Waals surface area contributed by atoms with Crippen LogP contribution in [0.15, 0.2) is 58.9 Å². The van der Waals surface area contributed by atoms with Gasteiger partial charge in [-0.1, -0.05) is 71.6 Å². The van der Waals surface area contributed by atoms with E-state index in [1.54, 1.807) is 23.1 Å². The minimum absolute atomic E-state index is 0.00511. The van der Waals surface area contributed by atoms with E-state index < -0.39 is 5.92 Å². The van der Waals surface area contributed by atoms with Gasteiger partial charge in [0.05, 0.1) is 5.92 Å². The number of amides is 2. The number of aromatic nitrogens is 2. The molecule has 1 fully saturated rings. The van der Waals surface area contributed by atoms with Crippen molar-refractivity contribution in [2.24, 2.45) is 5.92 Å². The fourth-order valence-corrected chi connectivity index (χ4v) is 5.09. The van der Waals surface area contributed by atoms with Gasteiger partial charge in [-0.05, 0) is 23.6 Å². The SMILES string of the molecule is O=C(Nc1nnc(SCc2ccccc2F)s1)C1CC(=O)N(CCc2ccccc2)C1. The van der Waals surface area contributed by atoms with Crippen molar-refractivity contribution in [3.63, 3.8) is 0 Å². The van der Waals surface area contributed by atoms with Crippen LogP contribution in [0.2, 0.25) is 0 Å². The molecule has 0 saturated carbocycles. The highest BCUT2D eigenvalue weighted by atomic mass is 32.2. The Bertz CT molecular complexity index is 1060. The van der Waals surface area contributed by atoms with Crippen molar-refractivity contribution < 1.29 is 14.0 Å². The predicted octanol–water partition coefficient (Wildman–Crippen LogP) is 4.00. The zero-order chi connectivity index (χ0) is 21.6. The maximum atomic E-state index is 13.7. The van der Waals surface area contributed by atoms with Crippen LogP contribution in [0.1, 0.15) is 17.5 Å². The molecule has 1 aliphatic heterocycles. The van der Waals surface area contributed by atoms with E-state index in [2.05, 4.69) is 15.5 Å². The standard InChI is InChI=1S/C22H21FN4O2S2/c23-18-9-5-4-8-16(18)14-30-22-26-25-21(31-22)24-20(29)17-12-19(28)27(13-17)11-10-15-6-2-1-3-7-15/h1-9,17H,10-14H2,(H,24,25,29). The molecule has 2 aromatic carbocycles. The Kier molecular flexibility index (Phi) is 6.93. The fraction of sp³-hybridized carbons (Fsp3) is 0.273. The van der Waals surface area contributed by atoms with E-state index in [0.717, 1.165) is 12.0 Å². The van der Waals surface area contributed by atoms with Gasteiger partial charge in [-0.2, -0.15) is 0 Å². The topological polar surface area (TPSA) is 75.2 Å². The molecule has 1 atom stereocenters. The van der Waals surface area contributed by atoms with Crippen LogP contribution in [0.25, 0.3) is 0 Å². The van der Waals surface area contributed by atoms with Crippen LogP contribution in [0, 0.1) is 11.7 Å². The Morgan fingerprint density at radius 3 is 2.74 bits per heavy atom. The number of thioether (sulfide) groups is 1. The molecule has 1 N–H and O–H groups in total. The van der Waals surface area contributed by atoms with Crippen LogP contribution in [0.4, 0.5) is 9.52 Å².